The second-order valence-corrected chi connectivity index (χ2v) is 23.4. The van der Waals surface area contributed by atoms with Crippen LogP contribution in [0.3, 0.4) is 0 Å². The van der Waals surface area contributed by atoms with E-state index in [4.69, 9.17) is 22.9 Å². The van der Waals surface area contributed by atoms with Gasteiger partial charge in [0.2, 0.25) is 59.1 Å². The molecule has 0 aliphatic carbocycles. The number of likely N-dealkylation sites (tertiary alicyclic amines) is 4. The quantitative estimate of drug-likeness (QED) is 0.0234. The molecule has 13 atom stereocenters. The van der Waals surface area contributed by atoms with Gasteiger partial charge in [-0.2, -0.15) is 0 Å². The minimum Gasteiger partial charge on any atom is -0.391 e. The van der Waals surface area contributed by atoms with Crippen LogP contribution in [-0.4, -0.2) is 220 Å². The molecule has 4 fully saturated rings. The van der Waals surface area contributed by atoms with Crippen molar-refractivity contribution in [1.82, 2.24) is 51.5 Å². The Labute approximate surface area is 501 Å². The summed E-state index contributed by atoms with van der Waals surface area (Å²) >= 11 is 0. The van der Waals surface area contributed by atoms with Crippen LogP contribution in [0.2, 0.25) is 0 Å². The van der Waals surface area contributed by atoms with Crippen LogP contribution in [0.25, 0.3) is 0 Å². The standard InChI is InChI=1S/C58H102N14O13/c1-5-7-20-39(65-51(78)43-24-15-31-69(43)57(84)45-26-17-33-71(45)55(82)41(22-9-12-28-59)67-53(80)47(61)36(3)74)49(76)63-30-14-11-19-38(35-73)64-50(77)40(21-8-6-2)66-52(79)44-25-16-32-70(44)58(85)46-27-18-34-72(46)56(83)42(23-10-13-29-60)68-54(81)48(62)37(4)75/h35-48,74-75H,5-34,59-62H2,1-4H3,(H,63,76)(H,64,77)(H,65,78)(H,66,79)(H,67,80)(H,68,81)/t36-,37-,38-,39+,40+,41+,42+,43+,44+,45+,46+,47+,48+/m1/s1. The van der Waals surface area contributed by atoms with Crippen LogP contribution < -0.4 is 54.8 Å². The molecule has 4 aliphatic heterocycles. The predicted octanol–water partition coefficient (Wildman–Crippen LogP) is -2.09. The van der Waals surface area contributed by atoms with Crippen LogP contribution in [-0.2, 0) is 52.7 Å². The number of unbranched alkanes of at least 4 members (excludes halogenated alkanes) is 5. The van der Waals surface area contributed by atoms with E-state index in [1.807, 2.05) is 13.8 Å². The maximum absolute atomic E-state index is 14.3. The highest BCUT2D eigenvalue weighted by atomic mass is 16.3. The molecule has 0 aromatic carbocycles. The number of carbonyl (C=O) groups excluding carboxylic acids is 11. The molecule has 16 N–H and O–H groups in total. The van der Waals surface area contributed by atoms with Crippen molar-refractivity contribution in [1.29, 1.82) is 0 Å². The Hall–Kier alpha value is -5.87. The lowest BCUT2D eigenvalue weighted by Gasteiger charge is -2.33. The van der Waals surface area contributed by atoms with E-state index < -0.39 is 138 Å². The minimum absolute atomic E-state index is 0.193. The summed E-state index contributed by atoms with van der Waals surface area (Å²) in [6, 6.07) is -11.0. The maximum Gasteiger partial charge on any atom is 0.246 e. The molecule has 0 unspecified atom stereocenters. The Morgan fingerprint density at radius 3 is 1.24 bits per heavy atom. The molecular weight excluding hydrogens is 1100 g/mol. The van der Waals surface area contributed by atoms with E-state index in [9.17, 15) is 63.0 Å². The lowest BCUT2D eigenvalue weighted by molar-refractivity contribution is -0.148. The average Bonchev–Trinajstić information content (AvgIpc) is 2.76. The summed E-state index contributed by atoms with van der Waals surface area (Å²) in [6.45, 7) is 8.63. The molecule has 0 aromatic rings. The summed E-state index contributed by atoms with van der Waals surface area (Å²) in [5.41, 5.74) is 23.1. The third-order valence-corrected chi connectivity index (χ3v) is 16.8. The van der Waals surface area contributed by atoms with Crippen LogP contribution in [0, 0.1) is 0 Å². The van der Waals surface area contributed by atoms with Gasteiger partial charge in [0.15, 0.2) is 0 Å². The van der Waals surface area contributed by atoms with Gasteiger partial charge in [0.1, 0.15) is 66.7 Å². The first kappa shape index (κ1) is 71.6. The van der Waals surface area contributed by atoms with Crippen molar-refractivity contribution in [2.24, 2.45) is 22.9 Å². The second kappa shape index (κ2) is 37.0. The molecule has 0 aromatic heterocycles. The number of nitrogens with one attached hydrogen (secondary N) is 6. The lowest BCUT2D eigenvalue weighted by Crippen LogP contribution is -2.59. The van der Waals surface area contributed by atoms with Gasteiger partial charge in [-0.25, -0.2) is 0 Å². The van der Waals surface area contributed by atoms with Gasteiger partial charge in [0.25, 0.3) is 0 Å². The average molecular weight is 1200 g/mol. The molecule has 85 heavy (non-hydrogen) atoms. The molecule has 27 nitrogen and oxygen atoms in total. The Kier molecular flexibility index (Phi) is 31.1. The number of nitrogens with zero attached hydrogens (tertiary/aromatic N) is 4. The predicted molar refractivity (Wildman–Crippen MR) is 316 cm³/mol. The molecule has 482 valence electrons. The Morgan fingerprint density at radius 1 is 0.471 bits per heavy atom. The highest BCUT2D eigenvalue weighted by molar-refractivity contribution is 5.98. The van der Waals surface area contributed by atoms with Crippen molar-refractivity contribution in [2.75, 3.05) is 45.8 Å². The molecule has 4 heterocycles. The first-order valence-corrected chi connectivity index (χ1v) is 31.4. The number of carbonyl (C=O) groups is 11. The van der Waals surface area contributed by atoms with Gasteiger partial charge in [0.05, 0.1) is 18.2 Å². The maximum atomic E-state index is 14.3. The van der Waals surface area contributed by atoms with Crippen LogP contribution in [0.4, 0.5) is 0 Å². The van der Waals surface area contributed by atoms with Crippen molar-refractivity contribution in [3.63, 3.8) is 0 Å². The zero-order chi connectivity index (χ0) is 62.8. The van der Waals surface area contributed by atoms with Crippen molar-refractivity contribution in [3.05, 3.63) is 0 Å². The SMILES string of the molecule is CCCC[C@H](NC(=O)[C@@H]1CCCN1C(=O)[C@@H]1CCCN1C(=O)[C@H](CCCCN)NC(=O)[C@@H](N)[C@@H](C)O)C(=O)NCCCC[C@H](C=O)NC(=O)[C@H](CCCC)NC(=O)[C@@H]1CCCN1C(=O)[C@@H]1CCCN1C(=O)[C@H](CCCCN)NC(=O)[C@@H](N)[C@@H](C)O. The van der Waals surface area contributed by atoms with Gasteiger partial charge >= 0.3 is 0 Å². The Balaban J connectivity index is 1.31. The number of hydrogen-bond donors (Lipinski definition) is 12. The van der Waals surface area contributed by atoms with E-state index in [-0.39, 0.29) is 58.4 Å². The van der Waals surface area contributed by atoms with Crippen LogP contribution in [0.5, 0.6) is 0 Å². The smallest absolute Gasteiger partial charge is 0.246 e. The third kappa shape index (κ3) is 21.2. The van der Waals surface area contributed by atoms with Gasteiger partial charge in [0, 0.05) is 32.7 Å². The first-order chi connectivity index (χ1) is 40.6. The summed E-state index contributed by atoms with van der Waals surface area (Å²) in [5.74, 6) is -5.14. The highest BCUT2D eigenvalue weighted by Gasteiger charge is 2.46. The summed E-state index contributed by atoms with van der Waals surface area (Å²) in [4.78, 5) is 156. The molecule has 4 rings (SSSR count). The molecular formula is C58H102N14O13. The lowest BCUT2D eigenvalue weighted by atomic mass is 10.0. The van der Waals surface area contributed by atoms with Gasteiger partial charge < -0.3 is 89.4 Å². The fourth-order valence-corrected chi connectivity index (χ4v) is 11.6. The zero-order valence-corrected chi connectivity index (χ0v) is 50.8. The van der Waals surface area contributed by atoms with Crippen LogP contribution in [0.15, 0.2) is 0 Å². The number of hydrogen-bond acceptors (Lipinski definition) is 17. The molecule has 4 saturated heterocycles. The zero-order valence-electron chi connectivity index (χ0n) is 50.8. The molecule has 0 bridgehead atoms. The molecule has 0 radical (unpaired) electrons. The van der Waals surface area contributed by atoms with Gasteiger partial charge in [-0.05, 0) is 149 Å². The van der Waals surface area contributed by atoms with Crippen molar-refractivity contribution in [3.8, 4) is 0 Å². The second-order valence-electron chi connectivity index (χ2n) is 23.4. The van der Waals surface area contributed by atoms with E-state index in [2.05, 4.69) is 31.9 Å². The van der Waals surface area contributed by atoms with Gasteiger partial charge in [-0.15, -0.1) is 0 Å². The fraction of sp³-hybridized carbons (Fsp3) is 0.810. The molecule has 27 heteroatoms. The van der Waals surface area contributed by atoms with E-state index in [1.165, 1.54) is 33.4 Å². The molecule has 0 saturated carbocycles. The van der Waals surface area contributed by atoms with Crippen LogP contribution >= 0.6 is 0 Å². The Morgan fingerprint density at radius 2 is 0.847 bits per heavy atom. The number of rotatable bonds is 37. The molecule has 4 aliphatic rings. The Bertz CT molecular complexity index is 2230. The van der Waals surface area contributed by atoms with Crippen LogP contribution in [0.1, 0.15) is 175 Å². The number of aldehydes is 1. The normalized spacial score (nSPS) is 21.8. The topological polar surface area (TPSA) is 417 Å². The molecule has 0 spiro atoms. The van der Waals surface area contributed by atoms with E-state index in [0.717, 1.165) is 6.42 Å². The minimum atomic E-state index is -1.27. The monoisotopic (exact) mass is 1200 g/mol. The number of amides is 10. The van der Waals surface area contributed by atoms with Gasteiger partial charge in [-0.1, -0.05) is 39.5 Å². The van der Waals surface area contributed by atoms with Crippen molar-refractivity contribution >= 4 is 65.4 Å². The van der Waals surface area contributed by atoms with E-state index >= 15 is 0 Å². The third-order valence-electron chi connectivity index (χ3n) is 16.8. The fourth-order valence-electron chi connectivity index (χ4n) is 11.6. The summed E-state index contributed by atoms with van der Waals surface area (Å²) in [5, 5.41) is 36.5. The van der Waals surface area contributed by atoms with Crippen molar-refractivity contribution < 1.29 is 63.0 Å². The summed E-state index contributed by atoms with van der Waals surface area (Å²) in [7, 11) is 0. The number of aliphatic hydroxyl groups is 2. The highest BCUT2D eigenvalue weighted by Crippen LogP contribution is 2.29. The van der Waals surface area contributed by atoms with E-state index in [1.54, 1.807) is 0 Å². The molecule has 10 amide bonds. The summed E-state index contributed by atoms with van der Waals surface area (Å²) in [6.07, 6.45) is 8.76. The van der Waals surface area contributed by atoms with E-state index in [0.29, 0.717) is 135 Å². The van der Waals surface area contributed by atoms with Crippen molar-refractivity contribution in [2.45, 2.75) is 254 Å². The first-order valence-electron chi connectivity index (χ1n) is 31.4. The van der Waals surface area contributed by atoms with Gasteiger partial charge in [-0.3, -0.25) is 47.9 Å². The number of aliphatic hydroxyl groups excluding tert-OH is 2. The largest absolute Gasteiger partial charge is 0.391 e. The number of nitrogens with two attached hydrogens (primary N) is 4. The summed E-state index contributed by atoms with van der Waals surface area (Å²) < 4.78 is 0.